The van der Waals surface area contributed by atoms with Crippen LogP contribution in [0.2, 0.25) is 5.02 Å². The molecule has 7 heteroatoms. The van der Waals surface area contributed by atoms with Crippen molar-refractivity contribution >= 4 is 23.2 Å². The first-order chi connectivity index (χ1) is 7.41. The molecule has 4 nitrogen and oxygen atoms in total. The number of hydrogen-bond donors (Lipinski definition) is 2. The summed E-state index contributed by atoms with van der Waals surface area (Å²) in [4.78, 5) is 11.0. The van der Waals surface area contributed by atoms with E-state index in [4.69, 9.17) is 27.8 Å². The molecule has 1 amide bonds. The Balaban J connectivity index is 3.09. The van der Waals surface area contributed by atoms with Crippen LogP contribution in [0, 0.1) is 0 Å². The first-order valence-corrected chi connectivity index (χ1v) is 4.59. The number of ether oxygens (including phenoxy) is 1. The van der Waals surface area contributed by atoms with Gasteiger partial charge in [0.15, 0.2) is 5.75 Å². The molecular formula is C9H9ClF2N2O2. The van der Waals surface area contributed by atoms with Crippen LogP contribution in [0.1, 0.15) is 10.4 Å². The Morgan fingerprint density at radius 1 is 1.50 bits per heavy atom. The number of nitrogens with two attached hydrogens (primary N) is 2. The van der Waals surface area contributed by atoms with Gasteiger partial charge in [0.2, 0.25) is 0 Å². The number of nitrogen functional groups attached to an aromatic ring is 1. The zero-order chi connectivity index (χ0) is 12.3. The van der Waals surface area contributed by atoms with E-state index in [0.29, 0.717) is 0 Å². The second-order valence-corrected chi connectivity index (χ2v) is 3.35. The maximum absolute atomic E-state index is 12.0. The third-order valence-corrected chi connectivity index (χ3v) is 1.97. The summed E-state index contributed by atoms with van der Waals surface area (Å²) in [6.07, 6.45) is -2.67. The lowest BCUT2D eigenvalue weighted by Crippen LogP contribution is -2.16. The van der Waals surface area contributed by atoms with Crippen molar-refractivity contribution in [3.63, 3.8) is 0 Å². The topological polar surface area (TPSA) is 78.3 Å². The minimum Gasteiger partial charge on any atom is -0.485 e. The summed E-state index contributed by atoms with van der Waals surface area (Å²) in [5.41, 5.74) is 10.5. The van der Waals surface area contributed by atoms with Crippen molar-refractivity contribution in [2.24, 2.45) is 5.73 Å². The van der Waals surface area contributed by atoms with Crippen LogP contribution in [0.3, 0.4) is 0 Å². The molecule has 16 heavy (non-hydrogen) atoms. The van der Waals surface area contributed by atoms with Gasteiger partial charge in [-0.05, 0) is 12.1 Å². The van der Waals surface area contributed by atoms with Gasteiger partial charge in [-0.3, -0.25) is 4.79 Å². The van der Waals surface area contributed by atoms with Crippen LogP contribution in [-0.4, -0.2) is 18.9 Å². The van der Waals surface area contributed by atoms with Gasteiger partial charge in [-0.2, -0.15) is 0 Å². The van der Waals surface area contributed by atoms with E-state index < -0.39 is 18.9 Å². The van der Waals surface area contributed by atoms with Crippen LogP contribution in [-0.2, 0) is 0 Å². The Kier molecular flexibility index (Phi) is 3.89. The van der Waals surface area contributed by atoms with E-state index in [-0.39, 0.29) is 22.0 Å². The Bertz CT molecular complexity index is 413. The number of amides is 1. The molecule has 0 saturated heterocycles. The second kappa shape index (κ2) is 4.98. The van der Waals surface area contributed by atoms with Gasteiger partial charge < -0.3 is 16.2 Å². The summed E-state index contributed by atoms with van der Waals surface area (Å²) < 4.78 is 28.6. The smallest absolute Gasteiger partial charge is 0.272 e. The zero-order valence-corrected chi connectivity index (χ0v) is 8.80. The number of rotatable bonds is 4. The van der Waals surface area contributed by atoms with Crippen LogP contribution < -0.4 is 16.2 Å². The fraction of sp³-hybridized carbons (Fsp3) is 0.222. The average molecular weight is 251 g/mol. The fourth-order valence-corrected chi connectivity index (χ4v) is 1.37. The predicted octanol–water partition coefficient (Wildman–Crippen LogP) is 1.66. The van der Waals surface area contributed by atoms with Crippen LogP contribution >= 0.6 is 11.6 Å². The molecule has 1 aromatic rings. The van der Waals surface area contributed by atoms with Crippen molar-refractivity contribution in [2.75, 3.05) is 12.3 Å². The molecule has 0 saturated carbocycles. The SMILES string of the molecule is NC(=O)c1cc(N)cc(Cl)c1OCC(F)F. The molecule has 88 valence electrons. The largest absolute Gasteiger partial charge is 0.485 e. The summed E-state index contributed by atoms with van der Waals surface area (Å²) in [7, 11) is 0. The minimum absolute atomic E-state index is 0.0329. The van der Waals surface area contributed by atoms with Crippen LogP contribution in [0.5, 0.6) is 5.75 Å². The molecule has 1 rings (SSSR count). The number of hydrogen-bond acceptors (Lipinski definition) is 3. The average Bonchev–Trinajstić information content (AvgIpc) is 2.14. The number of anilines is 1. The molecule has 0 unspecified atom stereocenters. The van der Waals surface area contributed by atoms with Crippen molar-refractivity contribution < 1.29 is 18.3 Å². The second-order valence-electron chi connectivity index (χ2n) is 2.95. The van der Waals surface area contributed by atoms with Crippen LogP contribution in [0.4, 0.5) is 14.5 Å². The molecule has 0 radical (unpaired) electrons. The van der Waals surface area contributed by atoms with Crippen molar-refractivity contribution in [3.05, 3.63) is 22.7 Å². The van der Waals surface area contributed by atoms with Crippen LogP contribution in [0.15, 0.2) is 12.1 Å². The summed E-state index contributed by atoms with van der Waals surface area (Å²) >= 11 is 5.70. The molecule has 0 heterocycles. The van der Waals surface area contributed by atoms with Crippen LogP contribution in [0.25, 0.3) is 0 Å². The van der Waals surface area contributed by atoms with E-state index in [1.165, 1.54) is 12.1 Å². The monoisotopic (exact) mass is 250 g/mol. The minimum atomic E-state index is -2.67. The number of halogens is 3. The first-order valence-electron chi connectivity index (χ1n) is 4.21. The van der Waals surface area contributed by atoms with Gasteiger partial charge in [-0.15, -0.1) is 0 Å². The molecule has 0 atom stereocenters. The highest BCUT2D eigenvalue weighted by Crippen LogP contribution is 2.31. The Hall–Kier alpha value is -1.56. The lowest BCUT2D eigenvalue weighted by atomic mass is 10.1. The lowest BCUT2D eigenvalue weighted by Gasteiger charge is -2.11. The third-order valence-electron chi connectivity index (χ3n) is 1.69. The van der Waals surface area contributed by atoms with E-state index in [2.05, 4.69) is 0 Å². The lowest BCUT2D eigenvalue weighted by molar-refractivity contribution is 0.0801. The highest BCUT2D eigenvalue weighted by Gasteiger charge is 2.16. The standard InChI is InChI=1S/C9H9ClF2N2O2/c10-6-2-4(13)1-5(9(14)15)8(6)16-3-7(11)12/h1-2,7H,3,13H2,(H2,14,15). The van der Waals surface area contributed by atoms with E-state index in [1.807, 2.05) is 0 Å². The summed E-state index contributed by atoms with van der Waals surface area (Å²) in [5, 5.41) is -0.0329. The van der Waals surface area contributed by atoms with E-state index >= 15 is 0 Å². The number of benzene rings is 1. The molecule has 0 spiro atoms. The summed E-state index contributed by atoms with van der Waals surface area (Å²) in [6, 6.07) is 2.50. The number of primary amides is 1. The molecule has 0 aliphatic rings. The van der Waals surface area contributed by atoms with Crippen molar-refractivity contribution in [1.82, 2.24) is 0 Å². The van der Waals surface area contributed by atoms with Gasteiger partial charge >= 0.3 is 0 Å². The van der Waals surface area contributed by atoms with Gasteiger partial charge in [0, 0.05) is 5.69 Å². The highest BCUT2D eigenvalue weighted by molar-refractivity contribution is 6.33. The van der Waals surface area contributed by atoms with Gasteiger partial charge in [0.1, 0.15) is 6.61 Å². The summed E-state index contributed by atoms with van der Waals surface area (Å²) in [6.45, 7) is -0.871. The molecule has 0 bridgehead atoms. The number of carbonyl (C=O) groups is 1. The Morgan fingerprint density at radius 2 is 2.12 bits per heavy atom. The maximum Gasteiger partial charge on any atom is 0.272 e. The van der Waals surface area contributed by atoms with E-state index in [0.717, 1.165) is 0 Å². The molecule has 0 aromatic heterocycles. The molecule has 4 N–H and O–H groups in total. The molecule has 0 aliphatic carbocycles. The quantitative estimate of drug-likeness (QED) is 0.798. The van der Waals surface area contributed by atoms with Gasteiger partial charge in [-0.25, -0.2) is 8.78 Å². The fourth-order valence-electron chi connectivity index (χ4n) is 1.09. The highest BCUT2D eigenvalue weighted by atomic mass is 35.5. The predicted molar refractivity (Wildman–Crippen MR) is 55.9 cm³/mol. The van der Waals surface area contributed by atoms with Crippen molar-refractivity contribution in [1.29, 1.82) is 0 Å². The number of carbonyl (C=O) groups excluding carboxylic acids is 1. The van der Waals surface area contributed by atoms with Crippen molar-refractivity contribution in [2.45, 2.75) is 6.43 Å². The molecule has 0 aliphatic heterocycles. The molecule has 1 aromatic carbocycles. The number of alkyl halides is 2. The summed E-state index contributed by atoms with van der Waals surface area (Å²) in [5.74, 6) is -1.03. The maximum atomic E-state index is 12.0. The zero-order valence-electron chi connectivity index (χ0n) is 8.04. The third kappa shape index (κ3) is 2.96. The normalized spacial score (nSPS) is 10.5. The Labute approximate surface area is 95.1 Å². The van der Waals surface area contributed by atoms with E-state index in [9.17, 15) is 13.6 Å². The van der Waals surface area contributed by atoms with E-state index in [1.54, 1.807) is 0 Å². The van der Waals surface area contributed by atoms with Gasteiger partial charge in [0.05, 0.1) is 10.6 Å². The Morgan fingerprint density at radius 3 is 2.62 bits per heavy atom. The van der Waals surface area contributed by atoms with Crippen molar-refractivity contribution in [3.8, 4) is 5.75 Å². The first kappa shape index (κ1) is 12.5. The van der Waals surface area contributed by atoms with Gasteiger partial charge in [-0.1, -0.05) is 11.6 Å². The molecule has 0 fully saturated rings. The molecular weight excluding hydrogens is 242 g/mol. The van der Waals surface area contributed by atoms with Gasteiger partial charge in [0.25, 0.3) is 12.3 Å².